The number of nitrogens with zero attached hydrogens (tertiary/aromatic N) is 2. The number of aryl methyl sites for hydroxylation is 1. The highest BCUT2D eigenvalue weighted by atomic mass is 16.1. The summed E-state index contributed by atoms with van der Waals surface area (Å²) in [5.74, 6) is -0.418. The highest BCUT2D eigenvalue weighted by Crippen LogP contribution is 2.28. The summed E-state index contributed by atoms with van der Waals surface area (Å²) in [5, 5.41) is 14.7. The van der Waals surface area contributed by atoms with Crippen LogP contribution in [0.2, 0.25) is 0 Å². The summed E-state index contributed by atoms with van der Waals surface area (Å²) in [5.41, 5.74) is 4.66. The van der Waals surface area contributed by atoms with E-state index >= 15 is 0 Å². The molecule has 1 heterocycles. The summed E-state index contributed by atoms with van der Waals surface area (Å²) in [4.78, 5) is 12.6. The van der Waals surface area contributed by atoms with Gasteiger partial charge in [0.15, 0.2) is 0 Å². The molecular weight excluding hydrogens is 370 g/mol. The molecule has 0 spiro atoms. The van der Waals surface area contributed by atoms with Crippen LogP contribution in [0.5, 0.6) is 0 Å². The van der Waals surface area contributed by atoms with Crippen LogP contribution in [0.3, 0.4) is 0 Å². The first-order chi connectivity index (χ1) is 14.6. The largest absolute Gasteiger partial charge is 0.321 e. The average Bonchev–Trinajstić information content (AvgIpc) is 3.05. The summed E-state index contributed by atoms with van der Waals surface area (Å²) in [6.07, 6.45) is 1.65. The number of para-hydroxylation sites is 1. The van der Waals surface area contributed by atoms with Gasteiger partial charge in [0.2, 0.25) is 0 Å². The van der Waals surface area contributed by atoms with Gasteiger partial charge in [0.25, 0.3) is 5.91 Å². The Morgan fingerprint density at radius 1 is 0.967 bits per heavy atom. The third kappa shape index (κ3) is 3.61. The van der Waals surface area contributed by atoms with Gasteiger partial charge in [-0.15, -0.1) is 0 Å². The number of carbonyl (C=O) groups excluding carboxylic acids is 1. The summed E-state index contributed by atoms with van der Waals surface area (Å²) < 4.78 is 2.16. The van der Waals surface area contributed by atoms with Gasteiger partial charge in [0.05, 0.1) is 5.69 Å². The fourth-order valence-electron chi connectivity index (χ4n) is 3.73. The van der Waals surface area contributed by atoms with Crippen molar-refractivity contribution >= 4 is 28.4 Å². The molecule has 30 heavy (non-hydrogen) atoms. The van der Waals surface area contributed by atoms with Gasteiger partial charge in [0, 0.05) is 22.5 Å². The molecule has 0 unspecified atom stereocenters. The Hall–Kier alpha value is -4.10. The van der Waals surface area contributed by atoms with E-state index in [-0.39, 0.29) is 5.57 Å². The van der Waals surface area contributed by atoms with Gasteiger partial charge >= 0.3 is 0 Å². The number of anilines is 1. The van der Waals surface area contributed by atoms with Crippen molar-refractivity contribution in [1.82, 2.24) is 4.57 Å². The van der Waals surface area contributed by atoms with Gasteiger partial charge in [0.1, 0.15) is 11.6 Å². The molecule has 0 fully saturated rings. The normalized spacial score (nSPS) is 11.3. The number of rotatable bonds is 4. The molecule has 0 saturated heterocycles. The van der Waals surface area contributed by atoms with Crippen molar-refractivity contribution < 1.29 is 4.79 Å². The number of hydrogen-bond donors (Lipinski definition) is 1. The van der Waals surface area contributed by atoms with Crippen molar-refractivity contribution in [1.29, 1.82) is 5.26 Å². The second kappa shape index (κ2) is 8.10. The molecule has 0 radical (unpaired) electrons. The lowest BCUT2D eigenvalue weighted by atomic mass is 10.1. The van der Waals surface area contributed by atoms with Gasteiger partial charge in [-0.25, -0.2) is 0 Å². The van der Waals surface area contributed by atoms with Gasteiger partial charge in [-0.2, -0.15) is 5.26 Å². The Labute approximate surface area is 175 Å². The highest BCUT2D eigenvalue weighted by molar-refractivity contribution is 6.09. The van der Waals surface area contributed by atoms with Gasteiger partial charge in [-0.3, -0.25) is 4.79 Å². The Morgan fingerprint density at radius 2 is 1.67 bits per heavy atom. The molecule has 0 aliphatic carbocycles. The summed E-state index contributed by atoms with van der Waals surface area (Å²) >= 11 is 0. The Bertz CT molecular complexity index is 1300. The molecule has 1 amide bonds. The fraction of sp³-hybridized carbons (Fsp3) is 0.0769. The maximum Gasteiger partial charge on any atom is 0.266 e. The van der Waals surface area contributed by atoms with E-state index in [1.165, 1.54) is 5.39 Å². The second-order valence-electron chi connectivity index (χ2n) is 7.15. The van der Waals surface area contributed by atoms with Crippen LogP contribution in [0.4, 0.5) is 5.69 Å². The summed E-state index contributed by atoms with van der Waals surface area (Å²) in [6, 6.07) is 27.6. The van der Waals surface area contributed by atoms with Crippen LogP contribution in [0.1, 0.15) is 17.0 Å². The number of hydrogen-bond acceptors (Lipinski definition) is 2. The topological polar surface area (TPSA) is 57.8 Å². The Balaban J connectivity index is 1.74. The van der Waals surface area contributed by atoms with Crippen molar-refractivity contribution in [3.63, 3.8) is 0 Å². The SMILES string of the molecule is Cc1cc(C=C(C#N)C(=O)Nc2ccccc2)c(C)n1-c1cccc2ccccc12. The average molecular weight is 391 g/mol. The molecule has 1 aromatic heterocycles. The lowest BCUT2D eigenvalue weighted by molar-refractivity contribution is -0.112. The van der Waals surface area contributed by atoms with E-state index in [2.05, 4.69) is 34.1 Å². The van der Waals surface area contributed by atoms with E-state index in [0.29, 0.717) is 5.69 Å². The fourth-order valence-corrected chi connectivity index (χ4v) is 3.73. The third-order valence-electron chi connectivity index (χ3n) is 5.17. The summed E-state index contributed by atoms with van der Waals surface area (Å²) in [7, 11) is 0. The number of nitriles is 1. The molecule has 0 aliphatic heterocycles. The summed E-state index contributed by atoms with van der Waals surface area (Å²) in [6.45, 7) is 4.03. The number of fused-ring (bicyclic) bond motifs is 1. The van der Waals surface area contributed by atoms with Gasteiger partial charge in [-0.1, -0.05) is 54.6 Å². The number of aromatic nitrogens is 1. The molecule has 4 nitrogen and oxygen atoms in total. The number of amides is 1. The molecule has 0 bridgehead atoms. The molecule has 0 atom stereocenters. The monoisotopic (exact) mass is 391 g/mol. The minimum Gasteiger partial charge on any atom is -0.321 e. The van der Waals surface area contributed by atoms with Crippen molar-refractivity contribution in [2.45, 2.75) is 13.8 Å². The second-order valence-corrected chi connectivity index (χ2v) is 7.15. The van der Waals surface area contributed by atoms with Crippen LogP contribution in [-0.4, -0.2) is 10.5 Å². The van der Waals surface area contributed by atoms with E-state index in [0.717, 1.165) is 28.0 Å². The molecule has 0 saturated carbocycles. The molecule has 4 aromatic rings. The third-order valence-corrected chi connectivity index (χ3v) is 5.17. The highest BCUT2D eigenvalue weighted by Gasteiger charge is 2.15. The molecule has 4 heteroatoms. The van der Waals surface area contributed by atoms with E-state index in [1.807, 2.05) is 62.4 Å². The molecule has 1 N–H and O–H groups in total. The van der Waals surface area contributed by atoms with Crippen LogP contribution in [-0.2, 0) is 4.79 Å². The standard InChI is InChI=1S/C26H21N3O/c1-18-15-21(16-22(17-27)26(30)28-23-11-4-3-5-12-23)19(2)29(18)25-14-8-10-20-9-6-7-13-24(20)25/h3-16H,1-2H3,(H,28,30). The van der Waals surface area contributed by atoms with E-state index in [1.54, 1.807) is 18.2 Å². The van der Waals surface area contributed by atoms with Crippen molar-refractivity contribution in [3.05, 3.63) is 101 Å². The molecular formula is C26H21N3O. The number of nitrogens with one attached hydrogen (secondary N) is 1. The smallest absolute Gasteiger partial charge is 0.266 e. The quantitative estimate of drug-likeness (QED) is 0.353. The molecule has 3 aromatic carbocycles. The lowest BCUT2D eigenvalue weighted by Crippen LogP contribution is -2.13. The first-order valence-electron chi connectivity index (χ1n) is 9.74. The lowest BCUT2D eigenvalue weighted by Gasteiger charge is -2.13. The van der Waals surface area contributed by atoms with E-state index in [4.69, 9.17) is 0 Å². The first-order valence-corrected chi connectivity index (χ1v) is 9.74. The number of carbonyl (C=O) groups is 1. The van der Waals surface area contributed by atoms with Gasteiger partial charge in [-0.05, 0) is 55.1 Å². The van der Waals surface area contributed by atoms with Crippen molar-refractivity contribution in [3.8, 4) is 11.8 Å². The van der Waals surface area contributed by atoms with E-state index in [9.17, 15) is 10.1 Å². The van der Waals surface area contributed by atoms with Crippen LogP contribution in [0, 0.1) is 25.2 Å². The first kappa shape index (κ1) is 19.2. The maximum absolute atomic E-state index is 12.6. The predicted molar refractivity (Wildman–Crippen MR) is 121 cm³/mol. The zero-order valence-corrected chi connectivity index (χ0v) is 16.9. The Morgan fingerprint density at radius 3 is 2.43 bits per heavy atom. The van der Waals surface area contributed by atoms with Crippen molar-refractivity contribution in [2.24, 2.45) is 0 Å². The van der Waals surface area contributed by atoms with Crippen LogP contribution >= 0.6 is 0 Å². The minimum absolute atomic E-state index is 0.0667. The van der Waals surface area contributed by atoms with Gasteiger partial charge < -0.3 is 9.88 Å². The predicted octanol–water partition coefficient (Wildman–Crippen LogP) is 5.79. The number of benzene rings is 3. The molecule has 4 rings (SSSR count). The maximum atomic E-state index is 12.6. The van der Waals surface area contributed by atoms with Crippen LogP contribution in [0.25, 0.3) is 22.5 Å². The zero-order valence-electron chi connectivity index (χ0n) is 16.9. The van der Waals surface area contributed by atoms with Crippen molar-refractivity contribution in [2.75, 3.05) is 5.32 Å². The van der Waals surface area contributed by atoms with E-state index < -0.39 is 5.91 Å². The van der Waals surface area contributed by atoms with Crippen LogP contribution < -0.4 is 5.32 Å². The molecule has 0 aliphatic rings. The Kier molecular flexibility index (Phi) is 5.19. The minimum atomic E-state index is -0.418. The molecule has 146 valence electrons. The zero-order chi connectivity index (χ0) is 21.1. The van der Waals surface area contributed by atoms with Crippen LogP contribution in [0.15, 0.2) is 84.4 Å².